The van der Waals surface area contributed by atoms with Crippen molar-refractivity contribution in [2.75, 3.05) is 5.73 Å². The van der Waals surface area contributed by atoms with Crippen LogP contribution >= 0.6 is 0 Å². The topological polar surface area (TPSA) is 62.7 Å². The second-order valence-corrected chi connectivity index (χ2v) is 2.77. The molecule has 1 aromatic heterocycles. The maximum absolute atomic E-state index is 12.4. The first-order chi connectivity index (χ1) is 7.27. The number of rotatable bonds is 1. The van der Waals surface area contributed by atoms with Crippen LogP contribution in [0, 0.1) is 11.3 Å². The molecular formula is C8H4F5N3. The zero-order valence-corrected chi connectivity index (χ0v) is 7.52. The molecule has 0 spiro atoms. The van der Waals surface area contributed by atoms with Crippen LogP contribution in [0.25, 0.3) is 0 Å². The largest absolute Gasteiger partial charge is 0.433 e. The molecule has 0 amide bonds. The van der Waals surface area contributed by atoms with Gasteiger partial charge in [0.05, 0.1) is 5.56 Å². The lowest BCUT2D eigenvalue weighted by atomic mass is 10.1. The van der Waals surface area contributed by atoms with Gasteiger partial charge in [0, 0.05) is 5.69 Å². The first-order valence-electron chi connectivity index (χ1n) is 3.83. The highest BCUT2D eigenvalue weighted by Crippen LogP contribution is 2.34. The van der Waals surface area contributed by atoms with Crippen molar-refractivity contribution in [2.24, 2.45) is 0 Å². The smallest absolute Gasteiger partial charge is 0.398 e. The minimum atomic E-state index is -4.83. The summed E-state index contributed by atoms with van der Waals surface area (Å²) in [6, 6.07) is 1.44. The molecule has 0 aromatic carbocycles. The summed E-state index contributed by atoms with van der Waals surface area (Å²) in [6.45, 7) is 0. The van der Waals surface area contributed by atoms with Crippen LogP contribution < -0.4 is 5.73 Å². The highest BCUT2D eigenvalue weighted by atomic mass is 19.4. The standard InChI is InChI=1S/C8H4F5N3/c9-7(10)6-3(15)1-5(8(11,12)13)16-4(6)2-14/h1,7H,(H2,15,16). The first-order valence-corrected chi connectivity index (χ1v) is 3.83. The summed E-state index contributed by atoms with van der Waals surface area (Å²) in [5, 5.41) is 8.41. The van der Waals surface area contributed by atoms with Gasteiger partial charge in [-0.3, -0.25) is 0 Å². The summed E-state index contributed by atoms with van der Waals surface area (Å²) in [4.78, 5) is 2.80. The molecule has 0 aliphatic heterocycles. The summed E-state index contributed by atoms with van der Waals surface area (Å²) in [5.74, 6) is 0. The second kappa shape index (κ2) is 3.92. The third-order valence-electron chi connectivity index (χ3n) is 1.71. The van der Waals surface area contributed by atoms with Crippen molar-refractivity contribution >= 4 is 5.69 Å². The summed E-state index contributed by atoms with van der Waals surface area (Å²) < 4.78 is 61.3. The zero-order valence-electron chi connectivity index (χ0n) is 7.52. The summed E-state index contributed by atoms with van der Waals surface area (Å²) >= 11 is 0. The number of hydrogen-bond donors (Lipinski definition) is 1. The number of pyridine rings is 1. The molecule has 0 radical (unpaired) electrons. The molecular weight excluding hydrogens is 233 g/mol. The van der Waals surface area contributed by atoms with E-state index in [0.29, 0.717) is 0 Å². The van der Waals surface area contributed by atoms with Gasteiger partial charge in [0.1, 0.15) is 11.8 Å². The van der Waals surface area contributed by atoms with Crippen molar-refractivity contribution in [2.45, 2.75) is 12.6 Å². The molecule has 0 atom stereocenters. The van der Waals surface area contributed by atoms with Crippen molar-refractivity contribution in [1.29, 1.82) is 5.26 Å². The van der Waals surface area contributed by atoms with Gasteiger partial charge < -0.3 is 5.73 Å². The molecule has 1 aromatic rings. The molecule has 3 nitrogen and oxygen atoms in total. The van der Waals surface area contributed by atoms with Gasteiger partial charge in [-0.25, -0.2) is 13.8 Å². The lowest BCUT2D eigenvalue weighted by molar-refractivity contribution is -0.141. The van der Waals surface area contributed by atoms with E-state index in [0.717, 1.165) is 6.07 Å². The van der Waals surface area contributed by atoms with E-state index in [1.54, 1.807) is 0 Å². The monoisotopic (exact) mass is 237 g/mol. The predicted molar refractivity (Wildman–Crippen MR) is 43.3 cm³/mol. The maximum atomic E-state index is 12.4. The lowest BCUT2D eigenvalue weighted by Gasteiger charge is -2.10. The van der Waals surface area contributed by atoms with E-state index >= 15 is 0 Å². The van der Waals surface area contributed by atoms with Crippen molar-refractivity contribution in [3.8, 4) is 6.07 Å². The van der Waals surface area contributed by atoms with Gasteiger partial charge >= 0.3 is 6.18 Å². The number of anilines is 1. The Balaban J connectivity index is 3.46. The molecule has 0 saturated heterocycles. The van der Waals surface area contributed by atoms with Gasteiger partial charge in [-0.1, -0.05) is 0 Å². The molecule has 8 heteroatoms. The second-order valence-electron chi connectivity index (χ2n) is 2.77. The van der Waals surface area contributed by atoms with Crippen LogP contribution in [-0.2, 0) is 6.18 Å². The van der Waals surface area contributed by atoms with Gasteiger partial charge in [-0.2, -0.15) is 18.4 Å². The number of nitrogen functional groups attached to an aromatic ring is 1. The van der Waals surface area contributed by atoms with E-state index in [-0.39, 0.29) is 6.07 Å². The molecule has 86 valence electrons. The molecule has 0 fully saturated rings. The van der Waals surface area contributed by atoms with Crippen LogP contribution in [0.2, 0.25) is 0 Å². The quantitative estimate of drug-likeness (QED) is 0.763. The van der Waals surface area contributed by atoms with Gasteiger partial charge in [0.25, 0.3) is 6.43 Å². The van der Waals surface area contributed by atoms with E-state index in [1.165, 1.54) is 0 Å². The van der Waals surface area contributed by atoms with Gasteiger partial charge in [-0.15, -0.1) is 0 Å². The van der Waals surface area contributed by atoms with Crippen molar-refractivity contribution in [3.05, 3.63) is 23.0 Å². The van der Waals surface area contributed by atoms with E-state index in [4.69, 9.17) is 11.0 Å². The Bertz CT molecular complexity index is 446. The van der Waals surface area contributed by atoms with Gasteiger partial charge in [-0.05, 0) is 6.07 Å². The Morgan fingerprint density at radius 3 is 2.31 bits per heavy atom. The first kappa shape index (κ1) is 12.2. The van der Waals surface area contributed by atoms with Crippen molar-refractivity contribution in [3.63, 3.8) is 0 Å². The number of nitrogens with two attached hydrogens (primary N) is 1. The molecule has 1 heterocycles. The van der Waals surface area contributed by atoms with Crippen LogP contribution in [-0.4, -0.2) is 4.98 Å². The molecule has 2 N–H and O–H groups in total. The normalized spacial score (nSPS) is 11.6. The van der Waals surface area contributed by atoms with Crippen molar-refractivity contribution in [1.82, 2.24) is 4.98 Å². The highest BCUT2D eigenvalue weighted by Gasteiger charge is 2.35. The number of alkyl halides is 5. The fourth-order valence-corrected chi connectivity index (χ4v) is 1.03. The summed E-state index contributed by atoms with van der Waals surface area (Å²) in [5.41, 5.74) is 0.772. The number of nitrogens with zero attached hydrogens (tertiary/aromatic N) is 2. The molecule has 0 aliphatic carbocycles. The zero-order chi connectivity index (χ0) is 12.5. The number of aromatic nitrogens is 1. The Hall–Kier alpha value is -1.91. The van der Waals surface area contributed by atoms with E-state index in [9.17, 15) is 22.0 Å². The lowest BCUT2D eigenvalue weighted by Crippen LogP contribution is -2.12. The predicted octanol–water partition coefficient (Wildman–Crippen LogP) is 2.49. The third kappa shape index (κ3) is 2.18. The molecule has 0 saturated carbocycles. The van der Waals surface area contributed by atoms with Crippen LogP contribution in [0.15, 0.2) is 6.07 Å². The fraction of sp³-hybridized carbons (Fsp3) is 0.250. The minimum Gasteiger partial charge on any atom is -0.398 e. The minimum absolute atomic E-state index is 0.280. The van der Waals surface area contributed by atoms with Crippen molar-refractivity contribution < 1.29 is 22.0 Å². The molecule has 0 aliphatic rings. The summed E-state index contributed by atoms with van der Waals surface area (Å²) in [7, 11) is 0. The maximum Gasteiger partial charge on any atom is 0.433 e. The van der Waals surface area contributed by atoms with Crippen LogP contribution in [0.3, 0.4) is 0 Å². The average molecular weight is 237 g/mol. The van der Waals surface area contributed by atoms with Gasteiger partial charge in [0.15, 0.2) is 5.69 Å². The Labute approximate surface area is 86.3 Å². The van der Waals surface area contributed by atoms with Crippen LogP contribution in [0.4, 0.5) is 27.6 Å². The SMILES string of the molecule is N#Cc1nc(C(F)(F)F)cc(N)c1C(F)F. The number of nitriles is 1. The Kier molecular flexibility index (Phi) is 2.98. The highest BCUT2D eigenvalue weighted by molar-refractivity contribution is 5.54. The Morgan fingerprint density at radius 1 is 1.38 bits per heavy atom. The summed E-state index contributed by atoms with van der Waals surface area (Å²) in [6.07, 6.45) is -7.98. The van der Waals surface area contributed by atoms with E-state index in [1.807, 2.05) is 0 Å². The van der Waals surface area contributed by atoms with Gasteiger partial charge in [0.2, 0.25) is 0 Å². The third-order valence-corrected chi connectivity index (χ3v) is 1.71. The molecule has 1 rings (SSSR count). The van der Waals surface area contributed by atoms with Crippen LogP contribution in [0.5, 0.6) is 0 Å². The molecule has 0 bridgehead atoms. The van der Waals surface area contributed by atoms with E-state index in [2.05, 4.69) is 4.98 Å². The van der Waals surface area contributed by atoms with Crippen LogP contribution in [0.1, 0.15) is 23.4 Å². The fourth-order valence-electron chi connectivity index (χ4n) is 1.03. The number of halogens is 5. The molecule has 16 heavy (non-hydrogen) atoms. The Morgan fingerprint density at radius 2 is 1.94 bits per heavy atom. The number of hydrogen-bond acceptors (Lipinski definition) is 3. The molecule has 0 unspecified atom stereocenters. The average Bonchev–Trinajstić information content (AvgIpc) is 2.14. The van der Waals surface area contributed by atoms with E-state index < -0.39 is 35.2 Å².